The number of aromatic amines is 1. The molecule has 0 radical (unpaired) electrons. The van der Waals surface area contributed by atoms with Gasteiger partial charge in [-0.15, -0.1) is 0 Å². The van der Waals surface area contributed by atoms with Gasteiger partial charge >= 0.3 is 0 Å². The van der Waals surface area contributed by atoms with Gasteiger partial charge in [0.2, 0.25) is 0 Å². The molecule has 19 heavy (non-hydrogen) atoms. The SMILES string of the molecule is Cc1[nH]c2ccc(C(=O)NC3(C)CCC3)cc2c1C. The first-order chi connectivity index (χ1) is 8.98. The van der Waals surface area contributed by atoms with Crippen LogP contribution in [0.25, 0.3) is 10.9 Å². The molecular formula is C16H20N2O. The van der Waals surface area contributed by atoms with Crippen molar-refractivity contribution in [2.75, 3.05) is 0 Å². The van der Waals surface area contributed by atoms with Crippen molar-refractivity contribution >= 4 is 16.8 Å². The van der Waals surface area contributed by atoms with Gasteiger partial charge in [-0.1, -0.05) is 0 Å². The molecule has 0 aliphatic heterocycles. The summed E-state index contributed by atoms with van der Waals surface area (Å²) < 4.78 is 0. The summed E-state index contributed by atoms with van der Waals surface area (Å²) in [6.45, 7) is 6.27. The van der Waals surface area contributed by atoms with E-state index < -0.39 is 0 Å². The number of H-pyrrole nitrogens is 1. The van der Waals surface area contributed by atoms with E-state index >= 15 is 0 Å². The molecule has 1 fully saturated rings. The number of aryl methyl sites for hydroxylation is 2. The highest BCUT2D eigenvalue weighted by Crippen LogP contribution is 2.31. The second-order valence-corrected chi connectivity index (χ2v) is 6.00. The molecule has 2 N–H and O–H groups in total. The Balaban J connectivity index is 1.92. The Labute approximate surface area is 113 Å². The molecule has 0 unspecified atom stereocenters. The van der Waals surface area contributed by atoms with Crippen LogP contribution in [0.2, 0.25) is 0 Å². The Morgan fingerprint density at radius 1 is 1.32 bits per heavy atom. The average molecular weight is 256 g/mol. The first-order valence-electron chi connectivity index (χ1n) is 6.90. The van der Waals surface area contributed by atoms with Gasteiger partial charge in [-0.2, -0.15) is 0 Å². The first-order valence-corrected chi connectivity index (χ1v) is 6.90. The van der Waals surface area contributed by atoms with Gasteiger partial charge in [0.05, 0.1) is 0 Å². The summed E-state index contributed by atoms with van der Waals surface area (Å²) in [5, 5.41) is 4.29. The number of carbonyl (C=O) groups is 1. The van der Waals surface area contributed by atoms with E-state index in [4.69, 9.17) is 0 Å². The molecule has 1 heterocycles. The Morgan fingerprint density at radius 3 is 2.68 bits per heavy atom. The molecule has 2 aromatic rings. The summed E-state index contributed by atoms with van der Waals surface area (Å²) in [6.07, 6.45) is 3.39. The maximum Gasteiger partial charge on any atom is 0.251 e. The zero-order valence-corrected chi connectivity index (χ0v) is 11.8. The summed E-state index contributed by atoms with van der Waals surface area (Å²) in [5.74, 6) is 0.0438. The van der Waals surface area contributed by atoms with Crippen LogP contribution in [0.5, 0.6) is 0 Å². The van der Waals surface area contributed by atoms with Crippen molar-refractivity contribution in [2.24, 2.45) is 0 Å². The van der Waals surface area contributed by atoms with Crippen LogP contribution in [0.4, 0.5) is 0 Å². The fourth-order valence-electron chi connectivity index (χ4n) is 2.78. The van der Waals surface area contributed by atoms with E-state index in [-0.39, 0.29) is 11.4 Å². The highest BCUT2D eigenvalue weighted by atomic mass is 16.1. The minimum atomic E-state index is 0.00908. The lowest BCUT2D eigenvalue weighted by atomic mass is 9.78. The third-order valence-corrected chi connectivity index (χ3v) is 4.44. The first kappa shape index (κ1) is 12.3. The normalized spacial score (nSPS) is 17.2. The number of nitrogens with one attached hydrogen (secondary N) is 2. The molecule has 0 spiro atoms. The maximum absolute atomic E-state index is 12.3. The molecule has 3 rings (SSSR count). The number of carbonyl (C=O) groups excluding carboxylic acids is 1. The number of aromatic nitrogens is 1. The molecule has 0 saturated heterocycles. The third-order valence-electron chi connectivity index (χ3n) is 4.44. The van der Waals surface area contributed by atoms with Crippen LogP contribution < -0.4 is 5.32 Å². The summed E-state index contributed by atoms with van der Waals surface area (Å²) in [6, 6.07) is 5.88. The van der Waals surface area contributed by atoms with Crippen LogP contribution in [0.1, 0.15) is 47.8 Å². The van der Waals surface area contributed by atoms with Gasteiger partial charge < -0.3 is 10.3 Å². The quantitative estimate of drug-likeness (QED) is 0.849. The fourth-order valence-corrected chi connectivity index (χ4v) is 2.78. The number of amides is 1. The van der Waals surface area contributed by atoms with E-state index in [1.165, 1.54) is 17.7 Å². The van der Waals surface area contributed by atoms with Crippen molar-refractivity contribution in [2.45, 2.75) is 45.6 Å². The molecular weight excluding hydrogens is 236 g/mol. The van der Waals surface area contributed by atoms with Crippen LogP contribution in [0.3, 0.4) is 0 Å². The largest absolute Gasteiger partial charge is 0.358 e. The lowest BCUT2D eigenvalue weighted by Gasteiger charge is -2.39. The number of hydrogen-bond acceptors (Lipinski definition) is 1. The molecule has 1 aliphatic rings. The van der Waals surface area contributed by atoms with Crippen molar-refractivity contribution in [3.63, 3.8) is 0 Å². The van der Waals surface area contributed by atoms with Crippen molar-refractivity contribution in [3.8, 4) is 0 Å². The standard InChI is InChI=1S/C16H20N2O/c1-10-11(2)17-14-6-5-12(9-13(10)14)15(19)18-16(3)7-4-8-16/h5-6,9,17H,4,7-8H2,1-3H3,(H,18,19). The van der Waals surface area contributed by atoms with Gasteiger partial charge in [0.1, 0.15) is 0 Å². The summed E-state index contributed by atoms with van der Waals surface area (Å²) in [4.78, 5) is 15.6. The zero-order valence-electron chi connectivity index (χ0n) is 11.8. The Hall–Kier alpha value is -1.77. The zero-order chi connectivity index (χ0) is 13.6. The van der Waals surface area contributed by atoms with E-state index in [2.05, 4.69) is 31.1 Å². The van der Waals surface area contributed by atoms with Gasteiger partial charge in [-0.25, -0.2) is 0 Å². The van der Waals surface area contributed by atoms with Gasteiger partial charge in [-0.3, -0.25) is 4.79 Å². The molecule has 1 saturated carbocycles. The molecule has 3 nitrogen and oxygen atoms in total. The Kier molecular flexibility index (Phi) is 2.66. The predicted octanol–water partition coefficient (Wildman–Crippen LogP) is 3.46. The number of rotatable bonds is 2. The maximum atomic E-state index is 12.3. The van der Waals surface area contributed by atoms with Crippen molar-refractivity contribution in [1.29, 1.82) is 0 Å². The molecule has 3 heteroatoms. The van der Waals surface area contributed by atoms with Gasteiger partial charge in [0.15, 0.2) is 0 Å². The van der Waals surface area contributed by atoms with Gasteiger partial charge in [0.25, 0.3) is 5.91 Å². The van der Waals surface area contributed by atoms with Crippen LogP contribution >= 0.6 is 0 Å². The fraction of sp³-hybridized carbons (Fsp3) is 0.438. The Morgan fingerprint density at radius 2 is 2.05 bits per heavy atom. The monoisotopic (exact) mass is 256 g/mol. The molecule has 0 bridgehead atoms. The lowest BCUT2D eigenvalue weighted by Crippen LogP contribution is -2.50. The van der Waals surface area contributed by atoms with Crippen LogP contribution in [-0.2, 0) is 0 Å². The molecule has 0 atom stereocenters. The Bertz CT molecular complexity index is 650. The smallest absolute Gasteiger partial charge is 0.251 e. The van der Waals surface area contributed by atoms with Gasteiger partial charge in [0, 0.05) is 27.7 Å². The van der Waals surface area contributed by atoms with Crippen molar-refractivity contribution in [1.82, 2.24) is 10.3 Å². The molecule has 1 aliphatic carbocycles. The predicted molar refractivity (Wildman–Crippen MR) is 77.5 cm³/mol. The summed E-state index contributed by atoms with van der Waals surface area (Å²) >= 11 is 0. The van der Waals surface area contributed by atoms with E-state index in [0.717, 1.165) is 29.3 Å². The molecule has 1 aromatic carbocycles. The highest BCUT2D eigenvalue weighted by Gasteiger charge is 2.33. The van der Waals surface area contributed by atoms with E-state index in [1.54, 1.807) is 0 Å². The molecule has 1 amide bonds. The molecule has 100 valence electrons. The lowest BCUT2D eigenvalue weighted by molar-refractivity contribution is 0.0850. The number of benzene rings is 1. The minimum Gasteiger partial charge on any atom is -0.358 e. The van der Waals surface area contributed by atoms with Gasteiger partial charge in [-0.05, 0) is 63.8 Å². The summed E-state index contributed by atoms with van der Waals surface area (Å²) in [5.41, 5.74) is 4.25. The van der Waals surface area contributed by atoms with Crippen molar-refractivity contribution < 1.29 is 4.79 Å². The second-order valence-electron chi connectivity index (χ2n) is 6.00. The average Bonchev–Trinajstić information content (AvgIpc) is 2.63. The topological polar surface area (TPSA) is 44.9 Å². The van der Waals surface area contributed by atoms with E-state index in [0.29, 0.717) is 0 Å². The van der Waals surface area contributed by atoms with Crippen molar-refractivity contribution in [3.05, 3.63) is 35.0 Å². The van der Waals surface area contributed by atoms with E-state index in [1.807, 2.05) is 18.2 Å². The highest BCUT2D eigenvalue weighted by molar-refractivity contribution is 5.99. The van der Waals surface area contributed by atoms with Crippen LogP contribution in [0, 0.1) is 13.8 Å². The molecule has 1 aromatic heterocycles. The number of fused-ring (bicyclic) bond motifs is 1. The summed E-state index contributed by atoms with van der Waals surface area (Å²) in [7, 11) is 0. The third kappa shape index (κ3) is 2.03. The van der Waals surface area contributed by atoms with Crippen LogP contribution in [0.15, 0.2) is 18.2 Å². The number of hydrogen-bond donors (Lipinski definition) is 2. The van der Waals surface area contributed by atoms with E-state index in [9.17, 15) is 4.79 Å². The second kappa shape index (κ2) is 4.12. The minimum absolute atomic E-state index is 0.00908. The van der Waals surface area contributed by atoms with Crippen LogP contribution in [-0.4, -0.2) is 16.4 Å².